The predicted molar refractivity (Wildman–Crippen MR) is 144 cm³/mol. The smallest absolute Gasteiger partial charge is 0.0118 e. The number of benzene rings is 2. The number of hydrogen-bond acceptors (Lipinski definition) is 0. The van der Waals surface area contributed by atoms with Crippen molar-refractivity contribution in [2.75, 3.05) is 6.16 Å². The normalized spacial score (nSPS) is 22.2. The minimum absolute atomic E-state index is 0.0339. The van der Waals surface area contributed by atoms with Gasteiger partial charge in [0, 0.05) is 5.66 Å². The minimum Gasteiger partial charge on any atom is -0.0921 e. The average Bonchev–Trinajstić information content (AvgIpc) is 3.33. The van der Waals surface area contributed by atoms with Gasteiger partial charge in [-0.25, -0.2) is 0 Å². The van der Waals surface area contributed by atoms with Gasteiger partial charge in [-0.3, -0.25) is 0 Å². The molecule has 3 aliphatic carbocycles. The molecule has 2 aromatic carbocycles. The summed E-state index contributed by atoms with van der Waals surface area (Å²) >= 11 is 0. The molecule has 0 aliphatic heterocycles. The molecule has 0 bridgehead atoms. The Hall–Kier alpha value is -0.700. The summed E-state index contributed by atoms with van der Waals surface area (Å²) in [6.45, 7) is 0. The summed E-state index contributed by atoms with van der Waals surface area (Å²) in [6, 6.07) is 22.6. The van der Waals surface area contributed by atoms with Crippen molar-refractivity contribution in [3.05, 3.63) is 91.5 Å². The van der Waals surface area contributed by atoms with Crippen molar-refractivity contribution in [2.45, 2.75) is 75.5 Å². The maximum atomic E-state index is 2.55. The van der Waals surface area contributed by atoms with Gasteiger partial charge in [0.15, 0.2) is 0 Å². The van der Waals surface area contributed by atoms with Gasteiger partial charge in [-0.05, 0) is 86.9 Å². The average molecular weight is 460 g/mol. The van der Waals surface area contributed by atoms with Gasteiger partial charge in [-0.1, -0.05) is 107 Å². The Bertz CT molecular complexity index is 735. The van der Waals surface area contributed by atoms with Crippen molar-refractivity contribution in [1.82, 2.24) is 0 Å². The minimum atomic E-state index is -0.367. The highest BCUT2D eigenvalue weighted by molar-refractivity contribution is 7.73. The lowest BCUT2D eigenvalue weighted by Gasteiger charge is -2.43. The second-order valence-corrected chi connectivity index (χ2v) is 14.6. The van der Waals surface area contributed by atoms with Crippen LogP contribution in [0, 0.1) is 30.8 Å². The van der Waals surface area contributed by atoms with E-state index in [1.165, 1.54) is 81.0 Å². The van der Waals surface area contributed by atoms with Crippen LogP contribution < -0.4 is 10.6 Å². The SMILES string of the molecule is [CH]1[CH][C](CP(c2ccccc2)c2ccccc2)[C](P(C2CCCCC2)C2CCCCC2)[CH]1. The summed E-state index contributed by atoms with van der Waals surface area (Å²) in [7, 11) is -0.401. The molecule has 0 amide bonds. The van der Waals surface area contributed by atoms with Crippen LogP contribution in [0.2, 0.25) is 0 Å². The largest absolute Gasteiger partial charge is 0.0921 e. The van der Waals surface area contributed by atoms with Crippen molar-refractivity contribution in [1.29, 1.82) is 0 Å². The highest BCUT2D eigenvalue weighted by atomic mass is 31.1. The molecular formula is C30H37P2. The third-order valence-electron chi connectivity index (χ3n) is 7.56. The molecule has 3 saturated carbocycles. The van der Waals surface area contributed by atoms with Crippen LogP contribution in [0.1, 0.15) is 64.2 Å². The van der Waals surface area contributed by atoms with Gasteiger partial charge in [-0.15, -0.1) is 0 Å². The Morgan fingerprint density at radius 1 is 0.594 bits per heavy atom. The van der Waals surface area contributed by atoms with Crippen LogP contribution >= 0.6 is 15.8 Å². The van der Waals surface area contributed by atoms with E-state index in [1.807, 2.05) is 0 Å². The molecule has 0 N–H and O–H groups in total. The van der Waals surface area contributed by atoms with Crippen LogP contribution in [-0.4, -0.2) is 17.5 Å². The Balaban J connectivity index is 1.40. The zero-order valence-corrected chi connectivity index (χ0v) is 21.1. The van der Waals surface area contributed by atoms with Crippen molar-refractivity contribution < 1.29 is 0 Å². The molecule has 3 fully saturated rings. The van der Waals surface area contributed by atoms with E-state index in [2.05, 4.69) is 79.9 Å². The summed E-state index contributed by atoms with van der Waals surface area (Å²) in [5.41, 5.74) is 3.74. The second kappa shape index (κ2) is 11.6. The summed E-state index contributed by atoms with van der Waals surface area (Å²) in [4.78, 5) is 0. The maximum absolute atomic E-state index is 2.55. The molecule has 0 saturated heterocycles. The molecule has 5 radical (unpaired) electrons. The molecular weight excluding hydrogens is 422 g/mol. The van der Waals surface area contributed by atoms with E-state index in [4.69, 9.17) is 0 Å². The molecule has 0 heterocycles. The molecule has 3 aliphatic rings. The van der Waals surface area contributed by atoms with Crippen molar-refractivity contribution in [3.63, 3.8) is 0 Å². The van der Waals surface area contributed by atoms with E-state index in [0.717, 1.165) is 11.3 Å². The van der Waals surface area contributed by atoms with Crippen LogP contribution in [0.25, 0.3) is 0 Å². The van der Waals surface area contributed by atoms with Crippen LogP contribution in [0.5, 0.6) is 0 Å². The summed E-state index contributed by atoms with van der Waals surface area (Å²) in [5, 5.41) is 3.03. The molecule has 2 heteroatoms. The van der Waals surface area contributed by atoms with Crippen LogP contribution in [0.15, 0.2) is 60.7 Å². The molecule has 0 nitrogen and oxygen atoms in total. The first-order chi connectivity index (χ1) is 15.9. The monoisotopic (exact) mass is 459 g/mol. The number of hydrogen-bond donors (Lipinski definition) is 0. The fourth-order valence-corrected chi connectivity index (χ4v) is 12.4. The zero-order valence-electron chi connectivity index (χ0n) is 19.3. The Labute approximate surface area is 199 Å². The summed E-state index contributed by atoms with van der Waals surface area (Å²) < 4.78 is 0. The van der Waals surface area contributed by atoms with E-state index in [-0.39, 0.29) is 15.8 Å². The van der Waals surface area contributed by atoms with E-state index >= 15 is 0 Å². The van der Waals surface area contributed by atoms with Gasteiger partial charge in [0.05, 0.1) is 0 Å². The van der Waals surface area contributed by atoms with E-state index in [9.17, 15) is 0 Å². The van der Waals surface area contributed by atoms with Crippen molar-refractivity contribution in [2.24, 2.45) is 0 Å². The van der Waals surface area contributed by atoms with E-state index in [1.54, 1.807) is 11.6 Å². The molecule has 0 spiro atoms. The van der Waals surface area contributed by atoms with Gasteiger partial charge in [0.1, 0.15) is 0 Å². The lowest BCUT2D eigenvalue weighted by molar-refractivity contribution is 0.485. The Morgan fingerprint density at radius 3 is 1.59 bits per heavy atom. The van der Waals surface area contributed by atoms with E-state index < -0.39 is 0 Å². The molecule has 2 aromatic rings. The molecule has 0 atom stereocenters. The lowest BCUT2D eigenvalue weighted by Crippen LogP contribution is -2.26. The summed E-state index contributed by atoms with van der Waals surface area (Å²) in [6.07, 6.45) is 23.3. The first-order valence-electron chi connectivity index (χ1n) is 12.8. The fraction of sp³-hybridized carbons (Fsp3) is 0.433. The highest BCUT2D eigenvalue weighted by Gasteiger charge is 2.43. The first kappa shape index (κ1) is 23.1. The van der Waals surface area contributed by atoms with Gasteiger partial charge in [0.2, 0.25) is 0 Å². The maximum Gasteiger partial charge on any atom is 0.0118 e. The highest BCUT2D eigenvalue weighted by Crippen LogP contribution is 2.68. The van der Waals surface area contributed by atoms with Gasteiger partial charge in [0.25, 0.3) is 0 Å². The van der Waals surface area contributed by atoms with E-state index in [0.29, 0.717) is 0 Å². The van der Waals surface area contributed by atoms with Gasteiger partial charge < -0.3 is 0 Å². The second-order valence-electron chi connectivity index (χ2n) is 9.68. The topological polar surface area (TPSA) is 0 Å². The van der Waals surface area contributed by atoms with Crippen molar-refractivity contribution in [3.8, 4) is 0 Å². The predicted octanol–water partition coefficient (Wildman–Crippen LogP) is 8.00. The van der Waals surface area contributed by atoms with Gasteiger partial charge in [-0.2, -0.15) is 0 Å². The van der Waals surface area contributed by atoms with Crippen LogP contribution in [-0.2, 0) is 0 Å². The standard InChI is InChI=1S/C30H37P2/c1-5-15-26(16-6-1)31(27-17-7-2-8-18-27)24-25-14-13-23-30(25)32(28-19-9-3-10-20-28)29-21-11-4-12-22-29/h1-2,5-8,13-18,23,28-29H,3-4,9-12,19-22,24H2. The third kappa shape index (κ3) is 5.50. The molecule has 167 valence electrons. The van der Waals surface area contributed by atoms with Crippen LogP contribution in [0.3, 0.4) is 0 Å². The fourth-order valence-electron chi connectivity index (χ4n) is 5.96. The summed E-state index contributed by atoms with van der Waals surface area (Å²) in [5.74, 6) is 1.67. The Morgan fingerprint density at radius 2 is 1.09 bits per heavy atom. The first-order valence-corrected chi connectivity index (χ1v) is 15.8. The van der Waals surface area contributed by atoms with Crippen LogP contribution in [0.4, 0.5) is 0 Å². The lowest BCUT2D eigenvalue weighted by atomic mass is 9.99. The Kier molecular flexibility index (Phi) is 8.38. The molecule has 5 rings (SSSR count). The molecule has 0 aromatic heterocycles. The van der Waals surface area contributed by atoms with Crippen molar-refractivity contribution >= 4 is 26.5 Å². The van der Waals surface area contributed by atoms with Gasteiger partial charge >= 0.3 is 0 Å². The zero-order chi connectivity index (χ0) is 21.6. The third-order valence-corrected chi connectivity index (χ3v) is 13.7. The molecule has 32 heavy (non-hydrogen) atoms. The molecule has 0 unspecified atom stereocenters. The quantitative estimate of drug-likeness (QED) is 0.368. The number of rotatable bonds is 7.